The molecule has 2 rings (SSSR count). The van der Waals surface area contributed by atoms with Gasteiger partial charge in [0.05, 0.1) is 5.39 Å². The van der Waals surface area contributed by atoms with Gasteiger partial charge in [-0.3, -0.25) is 9.59 Å². The fraction of sp³-hybridized carbons (Fsp3) is 0.375. The molecule has 23 heavy (non-hydrogen) atoms. The molecule has 1 N–H and O–H groups in total. The van der Waals surface area contributed by atoms with Crippen LogP contribution < -0.4 is 10.9 Å². The molecule has 0 bridgehead atoms. The van der Waals surface area contributed by atoms with Gasteiger partial charge in [-0.15, -0.1) is 0 Å². The highest BCUT2D eigenvalue weighted by Gasteiger charge is 2.18. The first-order valence-corrected chi connectivity index (χ1v) is 7.46. The molecule has 2 aromatic rings. The van der Waals surface area contributed by atoms with Crippen molar-refractivity contribution in [2.45, 2.75) is 26.3 Å². The summed E-state index contributed by atoms with van der Waals surface area (Å²) in [6.07, 6.45) is 1.68. The molecule has 7 nitrogen and oxygen atoms in total. The van der Waals surface area contributed by atoms with Gasteiger partial charge in [0.25, 0.3) is 11.5 Å². The third-order valence-electron chi connectivity index (χ3n) is 3.40. The van der Waals surface area contributed by atoms with Gasteiger partial charge in [-0.25, -0.2) is 9.48 Å². The number of hydrogen-bond donors (Lipinski definition) is 1. The van der Waals surface area contributed by atoms with Crippen molar-refractivity contribution in [3.63, 3.8) is 0 Å². The lowest BCUT2D eigenvalue weighted by Crippen LogP contribution is -2.28. The summed E-state index contributed by atoms with van der Waals surface area (Å²) in [6.45, 7) is 2.04. The fourth-order valence-corrected chi connectivity index (χ4v) is 2.12. The van der Waals surface area contributed by atoms with E-state index in [0.717, 1.165) is 12.8 Å². The van der Waals surface area contributed by atoms with Gasteiger partial charge in [-0.2, -0.15) is 5.10 Å². The topological polar surface area (TPSA) is 90.3 Å². The van der Waals surface area contributed by atoms with Crippen molar-refractivity contribution >= 4 is 22.6 Å². The molecule has 1 heterocycles. The number of esters is 1. The first kappa shape index (κ1) is 16.7. The highest BCUT2D eigenvalue weighted by Crippen LogP contribution is 2.14. The Morgan fingerprint density at radius 3 is 2.61 bits per heavy atom. The van der Waals surface area contributed by atoms with Crippen molar-refractivity contribution in [3.05, 3.63) is 40.3 Å². The maximum absolute atomic E-state index is 12.4. The number of ether oxygens (including phenoxy) is 1. The molecule has 7 heteroatoms. The van der Waals surface area contributed by atoms with Crippen LogP contribution in [0.1, 0.15) is 30.3 Å². The monoisotopic (exact) mass is 317 g/mol. The number of aromatic nitrogens is 2. The van der Waals surface area contributed by atoms with E-state index >= 15 is 0 Å². The highest BCUT2D eigenvalue weighted by molar-refractivity contribution is 6.02. The third kappa shape index (κ3) is 3.74. The van der Waals surface area contributed by atoms with Crippen molar-refractivity contribution in [1.82, 2.24) is 15.1 Å². The molecular weight excluding hydrogens is 298 g/mol. The van der Waals surface area contributed by atoms with E-state index in [0.29, 0.717) is 17.3 Å². The zero-order valence-corrected chi connectivity index (χ0v) is 13.2. The predicted molar refractivity (Wildman–Crippen MR) is 85.3 cm³/mol. The molecule has 122 valence electrons. The van der Waals surface area contributed by atoms with Gasteiger partial charge in [0, 0.05) is 19.0 Å². The molecule has 0 unspecified atom stereocenters. The maximum atomic E-state index is 12.4. The minimum atomic E-state index is -0.727. The SMILES string of the molecule is CCCCn1nc(C(=O)OCC(=O)NC)c2ccccc2c1=O. The second kappa shape index (κ2) is 7.53. The molecule has 0 saturated carbocycles. The first-order chi connectivity index (χ1) is 11.1. The van der Waals surface area contributed by atoms with Crippen molar-refractivity contribution < 1.29 is 14.3 Å². The van der Waals surface area contributed by atoms with Crippen molar-refractivity contribution in [2.75, 3.05) is 13.7 Å². The van der Waals surface area contributed by atoms with E-state index in [-0.39, 0.29) is 17.9 Å². The predicted octanol–water partition coefficient (Wildman–Crippen LogP) is 1.10. The molecule has 1 amide bonds. The summed E-state index contributed by atoms with van der Waals surface area (Å²) in [7, 11) is 1.45. The van der Waals surface area contributed by atoms with Crippen LogP contribution in [0.15, 0.2) is 29.1 Å². The number of carbonyl (C=O) groups is 2. The standard InChI is InChI=1S/C16H19N3O4/c1-3-4-9-19-15(21)12-8-6-5-7-11(12)14(18-19)16(22)23-10-13(20)17-2/h5-8H,3-4,9-10H2,1-2H3,(H,17,20). The molecule has 0 saturated heterocycles. The number of rotatable bonds is 6. The van der Waals surface area contributed by atoms with E-state index in [1.54, 1.807) is 24.3 Å². The number of unbranched alkanes of at least 4 members (excludes halogenated alkanes) is 1. The van der Waals surface area contributed by atoms with E-state index in [2.05, 4.69) is 10.4 Å². The van der Waals surface area contributed by atoms with Crippen LogP contribution >= 0.6 is 0 Å². The van der Waals surface area contributed by atoms with Gasteiger partial charge in [0.2, 0.25) is 0 Å². The van der Waals surface area contributed by atoms with Crippen molar-refractivity contribution in [3.8, 4) is 0 Å². The summed E-state index contributed by atoms with van der Waals surface area (Å²) in [5, 5.41) is 7.34. The second-order valence-corrected chi connectivity index (χ2v) is 5.03. The van der Waals surface area contributed by atoms with Gasteiger partial charge in [-0.05, 0) is 12.5 Å². The summed E-state index contributed by atoms with van der Waals surface area (Å²) < 4.78 is 6.24. The van der Waals surface area contributed by atoms with Gasteiger partial charge in [-0.1, -0.05) is 31.5 Å². The van der Waals surface area contributed by atoms with Crippen LogP contribution in [0.5, 0.6) is 0 Å². The lowest BCUT2D eigenvalue weighted by molar-refractivity contribution is -0.123. The summed E-state index contributed by atoms with van der Waals surface area (Å²) >= 11 is 0. The molecule has 0 aliphatic carbocycles. The Morgan fingerprint density at radius 2 is 1.96 bits per heavy atom. The average Bonchev–Trinajstić information content (AvgIpc) is 2.59. The van der Waals surface area contributed by atoms with Crippen LogP contribution in [-0.4, -0.2) is 35.3 Å². The Labute approximate surface area is 133 Å². The number of aryl methyl sites for hydroxylation is 1. The summed E-state index contributed by atoms with van der Waals surface area (Å²) in [5.41, 5.74) is -0.197. The Kier molecular flexibility index (Phi) is 5.46. The number of likely N-dealkylation sites (N-methyl/N-ethyl adjacent to an activating group) is 1. The Bertz CT molecular complexity index is 782. The molecule has 1 aromatic carbocycles. The smallest absolute Gasteiger partial charge is 0.359 e. The summed E-state index contributed by atoms with van der Waals surface area (Å²) in [6, 6.07) is 6.74. The number of hydrogen-bond acceptors (Lipinski definition) is 5. The number of nitrogens with zero attached hydrogens (tertiary/aromatic N) is 2. The van der Waals surface area contributed by atoms with Crippen LogP contribution in [0, 0.1) is 0 Å². The van der Waals surface area contributed by atoms with Crippen LogP contribution in [0.2, 0.25) is 0 Å². The van der Waals surface area contributed by atoms with Gasteiger partial charge in [0.1, 0.15) is 0 Å². The van der Waals surface area contributed by atoms with Crippen LogP contribution in [-0.2, 0) is 16.1 Å². The summed E-state index contributed by atoms with van der Waals surface area (Å²) in [5.74, 6) is -1.14. The van der Waals surface area contributed by atoms with Crippen LogP contribution in [0.3, 0.4) is 0 Å². The fourth-order valence-electron chi connectivity index (χ4n) is 2.12. The molecule has 0 spiro atoms. The largest absolute Gasteiger partial charge is 0.451 e. The maximum Gasteiger partial charge on any atom is 0.359 e. The van der Waals surface area contributed by atoms with Crippen LogP contribution in [0.25, 0.3) is 10.8 Å². The number of carbonyl (C=O) groups excluding carboxylic acids is 2. The van der Waals surface area contributed by atoms with E-state index < -0.39 is 11.9 Å². The Balaban J connectivity index is 2.44. The molecule has 0 fully saturated rings. The number of amides is 1. The molecule has 0 aliphatic rings. The third-order valence-corrected chi connectivity index (χ3v) is 3.40. The normalized spacial score (nSPS) is 10.5. The van der Waals surface area contributed by atoms with Crippen molar-refractivity contribution in [1.29, 1.82) is 0 Å². The van der Waals surface area contributed by atoms with Crippen LogP contribution in [0.4, 0.5) is 0 Å². The van der Waals surface area contributed by atoms with E-state index in [4.69, 9.17) is 4.74 Å². The zero-order valence-electron chi connectivity index (χ0n) is 13.2. The molecular formula is C16H19N3O4. The number of benzene rings is 1. The Hall–Kier alpha value is -2.70. The number of nitrogens with one attached hydrogen (secondary N) is 1. The lowest BCUT2D eigenvalue weighted by Gasteiger charge is -2.10. The Morgan fingerprint density at radius 1 is 1.26 bits per heavy atom. The minimum Gasteiger partial charge on any atom is -0.451 e. The quantitative estimate of drug-likeness (QED) is 0.806. The molecule has 0 aliphatic heterocycles. The van der Waals surface area contributed by atoms with Gasteiger partial charge >= 0.3 is 5.97 Å². The second-order valence-electron chi connectivity index (χ2n) is 5.03. The van der Waals surface area contributed by atoms with Crippen molar-refractivity contribution in [2.24, 2.45) is 0 Å². The molecule has 0 radical (unpaired) electrons. The number of fused-ring (bicyclic) bond motifs is 1. The highest BCUT2D eigenvalue weighted by atomic mass is 16.5. The van der Waals surface area contributed by atoms with E-state index in [1.165, 1.54) is 11.7 Å². The molecule has 1 aromatic heterocycles. The lowest BCUT2D eigenvalue weighted by atomic mass is 10.1. The minimum absolute atomic E-state index is 0.0419. The molecule has 0 atom stereocenters. The average molecular weight is 317 g/mol. The van der Waals surface area contributed by atoms with E-state index in [9.17, 15) is 14.4 Å². The summed E-state index contributed by atoms with van der Waals surface area (Å²) in [4.78, 5) is 35.9. The first-order valence-electron chi connectivity index (χ1n) is 7.46. The van der Waals surface area contributed by atoms with Gasteiger partial charge < -0.3 is 10.1 Å². The zero-order chi connectivity index (χ0) is 16.8. The van der Waals surface area contributed by atoms with E-state index in [1.807, 2.05) is 6.92 Å². The van der Waals surface area contributed by atoms with Gasteiger partial charge in [0.15, 0.2) is 12.3 Å².